The van der Waals surface area contributed by atoms with Crippen LogP contribution in [0.15, 0.2) is 41.3 Å². The summed E-state index contributed by atoms with van der Waals surface area (Å²) in [5.74, 6) is 0.798. The van der Waals surface area contributed by atoms with Gasteiger partial charge in [-0.1, -0.05) is 12.1 Å². The quantitative estimate of drug-likeness (QED) is 0.661. The smallest absolute Gasteiger partial charge is 0.260 e. The van der Waals surface area contributed by atoms with Crippen LogP contribution in [-0.2, 0) is 6.54 Å². The highest BCUT2D eigenvalue weighted by Crippen LogP contribution is 2.31. The maximum Gasteiger partial charge on any atom is 0.260 e. The summed E-state index contributed by atoms with van der Waals surface area (Å²) in [4.78, 5) is 31.2. The molecule has 1 saturated heterocycles. The molecule has 0 atom stereocenters. The Morgan fingerprint density at radius 1 is 1.14 bits per heavy atom. The Labute approximate surface area is 173 Å². The van der Waals surface area contributed by atoms with Crippen LogP contribution in [0.25, 0.3) is 10.1 Å². The first-order valence-corrected chi connectivity index (χ1v) is 10.7. The van der Waals surface area contributed by atoms with E-state index in [0.717, 1.165) is 34.1 Å². The van der Waals surface area contributed by atoms with E-state index < -0.39 is 0 Å². The summed E-state index contributed by atoms with van der Waals surface area (Å²) in [7, 11) is 1.67. The van der Waals surface area contributed by atoms with Crippen LogP contribution in [0.3, 0.4) is 0 Å². The van der Waals surface area contributed by atoms with E-state index in [1.807, 2.05) is 49.1 Å². The molecule has 0 radical (unpaired) electrons. The lowest BCUT2D eigenvalue weighted by molar-refractivity contribution is 0.0748. The number of nitrogens with zero attached hydrogens (tertiary/aromatic N) is 3. The van der Waals surface area contributed by atoms with Crippen molar-refractivity contribution in [1.29, 1.82) is 0 Å². The van der Waals surface area contributed by atoms with Crippen molar-refractivity contribution in [3.63, 3.8) is 0 Å². The second-order valence-corrected chi connectivity index (χ2v) is 8.39. The number of amides is 1. The van der Waals surface area contributed by atoms with Crippen molar-refractivity contribution < 1.29 is 9.53 Å². The average molecular weight is 412 g/mol. The lowest BCUT2D eigenvalue weighted by Gasteiger charge is -2.36. The minimum absolute atomic E-state index is 0.0422. The lowest BCUT2D eigenvalue weighted by Crippen LogP contribution is -2.49. The minimum atomic E-state index is -0.0784. The first-order chi connectivity index (χ1) is 14.0. The van der Waals surface area contributed by atoms with Crippen LogP contribution >= 0.6 is 11.3 Å². The van der Waals surface area contributed by atoms with Gasteiger partial charge in [-0.25, -0.2) is 0 Å². The monoisotopic (exact) mass is 411 g/mol. The van der Waals surface area contributed by atoms with E-state index in [4.69, 9.17) is 4.74 Å². The average Bonchev–Trinajstić information content (AvgIpc) is 3.10. The largest absolute Gasteiger partial charge is 0.495 e. The van der Waals surface area contributed by atoms with E-state index in [2.05, 4.69) is 4.90 Å². The number of hydrogen-bond donors (Lipinski definition) is 0. The van der Waals surface area contributed by atoms with Gasteiger partial charge in [-0.05, 0) is 32.0 Å². The number of benzene rings is 1. The zero-order valence-corrected chi connectivity index (χ0v) is 17.8. The number of para-hydroxylation sites is 2. The predicted octanol–water partition coefficient (Wildman–Crippen LogP) is 3.36. The molecule has 0 aliphatic carbocycles. The van der Waals surface area contributed by atoms with E-state index >= 15 is 0 Å². The summed E-state index contributed by atoms with van der Waals surface area (Å²) in [6, 6.07) is 9.88. The molecule has 29 heavy (non-hydrogen) atoms. The molecule has 1 fully saturated rings. The number of carbonyl (C=O) groups is 1. The summed E-state index contributed by atoms with van der Waals surface area (Å²) in [6.07, 6.45) is 1.81. The standard InChI is InChI=1S/C22H25N3O3S/c1-4-23-10-9-18-20(22(23)27)19(15(2)29-18)21(26)25-13-11-24(12-14-25)16-7-5-6-8-17(16)28-3/h5-10H,4,11-14H2,1-3H3. The zero-order valence-electron chi connectivity index (χ0n) is 17.0. The fourth-order valence-corrected chi connectivity index (χ4v) is 5.01. The Morgan fingerprint density at radius 2 is 1.86 bits per heavy atom. The lowest BCUT2D eigenvalue weighted by atomic mass is 10.1. The van der Waals surface area contributed by atoms with Crippen LogP contribution in [0.4, 0.5) is 5.69 Å². The molecule has 0 N–H and O–H groups in total. The van der Waals surface area contributed by atoms with E-state index in [0.29, 0.717) is 30.6 Å². The summed E-state index contributed by atoms with van der Waals surface area (Å²) < 4.78 is 8.01. The topological polar surface area (TPSA) is 54.8 Å². The van der Waals surface area contributed by atoms with Crippen molar-refractivity contribution >= 4 is 33.0 Å². The number of hydrogen-bond acceptors (Lipinski definition) is 5. The molecule has 1 aliphatic heterocycles. The van der Waals surface area contributed by atoms with Gasteiger partial charge in [0.15, 0.2) is 0 Å². The van der Waals surface area contributed by atoms with Crippen LogP contribution in [-0.4, -0.2) is 48.7 Å². The fourth-order valence-electron chi connectivity index (χ4n) is 3.97. The number of methoxy groups -OCH3 is 1. The Bertz CT molecular complexity index is 1110. The molecule has 2 aromatic heterocycles. The molecule has 3 aromatic rings. The number of aryl methyl sites for hydroxylation is 2. The molecule has 0 bridgehead atoms. The molecule has 152 valence electrons. The number of carbonyl (C=O) groups excluding carboxylic acids is 1. The number of piperazine rings is 1. The van der Waals surface area contributed by atoms with E-state index in [-0.39, 0.29) is 11.5 Å². The molecule has 3 heterocycles. The van der Waals surface area contributed by atoms with Gasteiger partial charge >= 0.3 is 0 Å². The van der Waals surface area contributed by atoms with Gasteiger partial charge in [-0.3, -0.25) is 9.59 Å². The molecule has 6 nitrogen and oxygen atoms in total. The number of aromatic nitrogens is 1. The van der Waals surface area contributed by atoms with Crippen LogP contribution in [0.5, 0.6) is 5.75 Å². The van der Waals surface area contributed by atoms with Crippen LogP contribution in [0.1, 0.15) is 22.2 Å². The van der Waals surface area contributed by atoms with Gasteiger partial charge in [0.25, 0.3) is 11.5 Å². The highest BCUT2D eigenvalue weighted by molar-refractivity contribution is 7.19. The summed E-state index contributed by atoms with van der Waals surface area (Å²) in [5.41, 5.74) is 1.54. The van der Waals surface area contributed by atoms with Crippen molar-refractivity contribution in [3.8, 4) is 5.75 Å². The molecule has 1 aliphatic rings. The van der Waals surface area contributed by atoms with Crippen LogP contribution in [0.2, 0.25) is 0 Å². The third-order valence-corrected chi connectivity index (χ3v) is 6.61. The Kier molecular flexibility index (Phi) is 5.32. The molecular formula is C22H25N3O3S. The maximum atomic E-state index is 13.4. The Balaban J connectivity index is 1.59. The SMILES string of the molecule is CCn1ccc2sc(C)c(C(=O)N3CCN(c4ccccc4OC)CC3)c2c1=O. The fraction of sp³-hybridized carbons (Fsp3) is 0.364. The number of fused-ring (bicyclic) bond motifs is 1. The second kappa shape index (κ2) is 7.91. The van der Waals surface area contributed by atoms with Crippen molar-refractivity contribution in [1.82, 2.24) is 9.47 Å². The highest BCUT2D eigenvalue weighted by atomic mass is 32.1. The van der Waals surface area contributed by atoms with Crippen LogP contribution < -0.4 is 15.2 Å². The third-order valence-electron chi connectivity index (χ3n) is 5.54. The molecule has 4 rings (SSSR count). The predicted molar refractivity (Wildman–Crippen MR) is 118 cm³/mol. The van der Waals surface area contributed by atoms with Gasteiger partial charge < -0.3 is 19.1 Å². The van der Waals surface area contributed by atoms with E-state index in [1.54, 1.807) is 17.9 Å². The van der Waals surface area contributed by atoms with Crippen molar-refractivity contribution in [2.45, 2.75) is 20.4 Å². The molecule has 0 spiro atoms. The van der Waals surface area contributed by atoms with Crippen LogP contribution in [0, 0.1) is 6.92 Å². The summed E-state index contributed by atoms with van der Waals surface area (Å²) >= 11 is 1.52. The summed E-state index contributed by atoms with van der Waals surface area (Å²) in [5, 5.41) is 0.564. The van der Waals surface area contributed by atoms with E-state index in [1.165, 1.54) is 11.3 Å². The van der Waals surface area contributed by atoms with Gasteiger partial charge in [0.05, 0.1) is 23.7 Å². The maximum absolute atomic E-state index is 13.4. The number of thiophene rings is 1. The zero-order chi connectivity index (χ0) is 20.5. The first kappa shape index (κ1) is 19.5. The molecule has 7 heteroatoms. The van der Waals surface area contributed by atoms with Gasteiger partial charge in [-0.15, -0.1) is 11.3 Å². The molecular weight excluding hydrogens is 386 g/mol. The Morgan fingerprint density at radius 3 is 2.55 bits per heavy atom. The Hall–Kier alpha value is -2.80. The molecule has 1 aromatic carbocycles. The second-order valence-electron chi connectivity index (χ2n) is 7.13. The van der Waals surface area contributed by atoms with Gasteiger partial charge in [-0.2, -0.15) is 0 Å². The van der Waals surface area contributed by atoms with E-state index in [9.17, 15) is 9.59 Å². The number of anilines is 1. The number of ether oxygens (including phenoxy) is 1. The third kappa shape index (κ3) is 3.40. The van der Waals surface area contributed by atoms with Gasteiger partial charge in [0.1, 0.15) is 5.75 Å². The number of rotatable bonds is 4. The summed E-state index contributed by atoms with van der Waals surface area (Å²) in [6.45, 7) is 7.14. The van der Waals surface area contributed by atoms with Crippen molar-refractivity contribution in [2.75, 3.05) is 38.2 Å². The van der Waals surface area contributed by atoms with Gasteiger partial charge in [0, 0.05) is 48.5 Å². The van der Waals surface area contributed by atoms with Gasteiger partial charge in [0.2, 0.25) is 0 Å². The normalized spacial score (nSPS) is 14.4. The highest BCUT2D eigenvalue weighted by Gasteiger charge is 2.28. The van der Waals surface area contributed by atoms with Crippen molar-refractivity contribution in [3.05, 3.63) is 57.3 Å². The molecule has 0 saturated carbocycles. The molecule has 1 amide bonds. The minimum Gasteiger partial charge on any atom is -0.495 e. The van der Waals surface area contributed by atoms with Crippen molar-refractivity contribution in [2.24, 2.45) is 0 Å². The molecule has 0 unspecified atom stereocenters. The number of pyridine rings is 1. The first-order valence-electron chi connectivity index (χ1n) is 9.85.